The first-order valence-corrected chi connectivity index (χ1v) is 11.6. The monoisotopic (exact) mass is 488 g/mol. The van der Waals surface area contributed by atoms with E-state index in [1.54, 1.807) is 36.7 Å². The number of amides is 1. The van der Waals surface area contributed by atoms with Crippen molar-refractivity contribution in [3.8, 4) is 22.3 Å². The van der Waals surface area contributed by atoms with Gasteiger partial charge in [0.25, 0.3) is 11.9 Å². The molecule has 0 saturated heterocycles. The van der Waals surface area contributed by atoms with Gasteiger partial charge in [-0.3, -0.25) is 4.79 Å². The second-order valence-electron chi connectivity index (χ2n) is 8.70. The number of rotatable bonds is 5. The van der Waals surface area contributed by atoms with Gasteiger partial charge in [0, 0.05) is 23.9 Å². The van der Waals surface area contributed by atoms with E-state index in [0.29, 0.717) is 23.3 Å². The Hall–Kier alpha value is -4.25. The molecule has 0 aliphatic heterocycles. The topological polar surface area (TPSA) is 103 Å². The molecular formula is C24H21FN8OS. The summed E-state index contributed by atoms with van der Waals surface area (Å²) in [5.74, 6) is 0.255. The summed E-state index contributed by atoms with van der Waals surface area (Å²) in [6.07, 6.45) is 3.21. The maximum atomic E-state index is 13.5. The lowest BCUT2D eigenvalue weighted by atomic mass is 9.92. The number of halogens is 1. The van der Waals surface area contributed by atoms with Crippen LogP contribution in [0.4, 0.5) is 10.2 Å². The lowest BCUT2D eigenvalue weighted by Crippen LogP contribution is -2.17. The van der Waals surface area contributed by atoms with Crippen LogP contribution in [0.2, 0.25) is 0 Å². The number of nitrogens with zero attached hydrogens (tertiary/aromatic N) is 7. The van der Waals surface area contributed by atoms with E-state index in [1.807, 2.05) is 38.3 Å². The predicted octanol–water partition coefficient (Wildman–Crippen LogP) is 4.66. The zero-order chi connectivity index (χ0) is 24.6. The first-order chi connectivity index (χ1) is 16.8. The van der Waals surface area contributed by atoms with Crippen LogP contribution in [0, 0.1) is 5.82 Å². The Kier molecular flexibility index (Phi) is 5.69. The summed E-state index contributed by atoms with van der Waals surface area (Å²) in [6.45, 7) is 6.07. The zero-order valence-corrected chi connectivity index (χ0v) is 20.0. The molecule has 11 heteroatoms. The molecule has 0 aliphatic carbocycles. The minimum atomic E-state index is -0.527. The molecule has 0 saturated carbocycles. The minimum Gasteiger partial charge on any atom is -0.304 e. The number of carbonyl (C=O) groups excluding carboxylic acids is 1. The molecule has 0 spiro atoms. The van der Waals surface area contributed by atoms with Gasteiger partial charge in [-0.2, -0.15) is 9.78 Å². The van der Waals surface area contributed by atoms with Gasteiger partial charge in [0.2, 0.25) is 5.82 Å². The van der Waals surface area contributed by atoms with Crippen molar-refractivity contribution >= 4 is 23.1 Å². The second kappa shape index (κ2) is 8.84. The van der Waals surface area contributed by atoms with Gasteiger partial charge in [-0.25, -0.2) is 24.0 Å². The number of benzene rings is 1. The Morgan fingerprint density at radius 1 is 1.00 bits per heavy atom. The highest BCUT2D eigenvalue weighted by Gasteiger charge is 2.25. The molecule has 5 rings (SSSR count). The molecule has 1 aromatic carbocycles. The van der Waals surface area contributed by atoms with Gasteiger partial charge in [0.15, 0.2) is 5.82 Å². The summed E-state index contributed by atoms with van der Waals surface area (Å²) in [4.78, 5) is 27.1. The van der Waals surface area contributed by atoms with E-state index in [2.05, 4.69) is 30.5 Å². The first kappa shape index (κ1) is 22.5. The van der Waals surface area contributed by atoms with Crippen LogP contribution in [0.3, 0.4) is 0 Å². The summed E-state index contributed by atoms with van der Waals surface area (Å²) in [5, 5.41) is 13.8. The number of nitrogens with one attached hydrogen (secondary N) is 1. The van der Waals surface area contributed by atoms with E-state index in [1.165, 1.54) is 32.8 Å². The fourth-order valence-electron chi connectivity index (χ4n) is 3.30. The average molecular weight is 489 g/mol. The Labute approximate surface area is 204 Å². The van der Waals surface area contributed by atoms with Gasteiger partial charge in [-0.15, -0.1) is 16.4 Å². The van der Waals surface area contributed by atoms with Crippen LogP contribution >= 0.6 is 11.3 Å². The third-order valence-corrected chi connectivity index (χ3v) is 5.95. The summed E-state index contributed by atoms with van der Waals surface area (Å²) in [5.41, 5.74) is 1.07. The molecule has 35 heavy (non-hydrogen) atoms. The Morgan fingerprint density at radius 2 is 1.74 bits per heavy atom. The lowest BCUT2D eigenvalue weighted by Gasteiger charge is -2.13. The Morgan fingerprint density at radius 3 is 2.40 bits per heavy atom. The maximum Gasteiger partial charge on any atom is 0.296 e. The molecule has 176 valence electrons. The van der Waals surface area contributed by atoms with Crippen molar-refractivity contribution in [1.82, 2.24) is 34.5 Å². The largest absolute Gasteiger partial charge is 0.304 e. The van der Waals surface area contributed by atoms with Gasteiger partial charge in [0.05, 0.1) is 16.3 Å². The number of hydrogen-bond acceptors (Lipinski definition) is 7. The molecule has 1 amide bonds. The van der Waals surface area contributed by atoms with E-state index >= 15 is 0 Å². The maximum absolute atomic E-state index is 13.5. The van der Waals surface area contributed by atoms with Crippen molar-refractivity contribution in [1.29, 1.82) is 0 Å². The molecule has 5 aromatic rings. The van der Waals surface area contributed by atoms with Gasteiger partial charge in [-0.05, 0) is 41.8 Å². The van der Waals surface area contributed by atoms with E-state index in [4.69, 9.17) is 0 Å². The molecule has 0 atom stereocenters. The van der Waals surface area contributed by atoms with E-state index < -0.39 is 5.91 Å². The molecule has 1 N–H and O–H groups in total. The Bertz CT molecular complexity index is 1470. The van der Waals surface area contributed by atoms with Crippen LogP contribution in [0.25, 0.3) is 22.3 Å². The summed E-state index contributed by atoms with van der Waals surface area (Å²) < 4.78 is 16.5. The third kappa shape index (κ3) is 4.58. The van der Waals surface area contributed by atoms with Crippen LogP contribution < -0.4 is 5.32 Å². The fraction of sp³-hybridized carbons (Fsp3) is 0.167. The van der Waals surface area contributed by atoms with Crippen LogP contribution in [0.5, 0.6) is 0 Å². The van der Waals surface area contributed by atoms with Crippen molar-refractivity contribution in [2.75, 3.05) is 5.32 Å². The Balaban J connectivity index is 1.54. The molecule has 0 bridgehead atoms. The average Bonchev–Trinajstić information content (AvgIpc) is 3.59. The van der Waals surface area contributed by atoms with E-state index in [0.717, 1.165) is 10.6 Å². The van der Waals surface area contributed by atoms with Crippen LogP contribution in [0.15, 0.2) is 66.3 Å². The smallest absolute Gasteiger partial charge is 0.296 e. The quantitative estimate of drug-likeness (QED) is 0.386. The molecule has 0 aliphatic rings. The number of aromatic nitrogens is 7. The second-order valence-corrected chi connectivity index (χ2v) is 9.65. The third-order valence-electron chi connectivity index (χ3n) is 5.08. The van der Waals surface area contributed by atoms with E-state index in [-0.39, 0.29) is 17.1 Å². The molecular weight excluding hydrogens is 467 g/mol. The van der Waals surface area contributed by atoms with Gasteiger partial charge >= 0.3 is 0 Å². The molecule has 4 heterocycles. The van der Waals surface area contributed by atoms with Crippen molar-refractivity contribution in [2.45, 2.75) is 26.2 Å². The highest BCUT2D eigenvalue weighted by molar-refractivity contribution is 7.13. The van der Waals surface area contributed by atoms with Crippen molar-refractivity contribution in [3.63, 3.8) is 0 Å². The number of carbonyl (C=O) groups is 1. The fourth-order valence-corrected chi connectivity index (χ4v) is 4.00. The van der Waals surface area contributed by atoms with Crippen molar-refractivity contribution in [3.05, 3.63) is 83.6 Å². The summed E-state index contributed by atoms with van der Waals surface area (Å²) in [6, 6.07) is 13.1. The number of hydrogen-bond donors (Lipinski definition) is 1. The number of anilines is 1. The number of thiophene rings is 1. The molecule has 0 fully saturated rings. The summed E-state index contributed by atoms with van der Waals surface area (Å²) >= 11 is 1.46. The molecule has 0 radical (unpaired) electrons. The highest BCUT2D eigenvalue weighted by Crippen LogP contribution is 2.27. The predicted molar refractivity (Wildman–Crippen MR) is 130 cm³/mol. The normalized spacial score (nSPS) is 11.5. The SMILES string of the molecule is CC(C)(C)c1cc(NC(=O)c2nc(-c3cccs3)n(-c3ccc(F)cc3)n2)n(-c2ncccn2)n1. The van der Waals surface area contributed by atoms with Crippen LogP contribution in [-0.2, 0) is 5.41 Å². The van der Waals surface area contributed by atoms with Gasteiger partial charge < -0.3 is 5.32 Å². The van der Waals surface area contributed by atoms with E-state index in [9.17, 15) is 9.18 Å². The first-order valence-electron chi connectivity index (χ1n) is 10.8. The minimum absolute atomic E-state index is 0.0447. The van der Waals surface area contributed by atoms with Gasteiger partial charge in [0.1, 0.15) is 11.6 Å². The molecule has 0 unspecified atom stereocenters. The molecule has 9 nitrogen and oxygen atoms in total. The highest BCUT2D eigenvalue weighted by atomic mass is 32.1. The van der Waals surface area contributed by atoms with Crippen molar-refractivity contribution < 1.29 is 9.18 Å². The standard InChI is InChI=1S/C24H21FN8OS/c1-24(2,3)18-14-19(33(30-18)23-26-11-5-12-27-23)28-22(34)20-29-21(17-6-4-13-35-17)32(31-20)16-9-7-15(25)8-10-16/h4-14H,1-3H3,(H,28,34). The molecule has 4 aromatic heterocycles. The van der Waals surface area contributed by atoms with Crippen molar-refractivity contribution in [2.24, 2.45) is 0 Å². The zero-order valence-electron chi connectivity index (χ0n) is 19.2. The van der Waals surface area contributed by atoms with Crippen LogP contribution in [0.1, 0.15) is 37.1 Å². The van der Waals surface area contributed by atoms with Crippen LogP contribution in [-0.4, -0.2) is 40.4 Å². The van der Waals surface area contributed by atoms with Gasteiger partial charge in [-0.1, -0.05) is 26.8 Å². The summed E-state index contributed by atoms with van der Waals surface area (Å²) in [7, 11) is 0. The lowest BCUT2D eigenvalue weighted by molar-refractivity contribution is 0.101.